The van der Waals surface area contributed by atoms with Gasteiger partial charge in [-0.1, -0.05) is 25.7 Å². The van der Waals surface area contributed by atoms with Crippen LogP contribution in [0.15, 0.2) is 0 Å². The first-order valence-electron chi connectivity index (χ1n) is 9.00. The van der Waals surface area contributed by atoms with E-state index in [9.17, 15) is 4.79 Å². The number of rotatable bonds is 3. The Labute approximate surface area is 136 Å². The Balaban J connectivity index is 1.46. The van der Waals surface area contributed by atoms with Gasteiger partial charge in [0.2, 0.25) is 5.91 Å². The van der Waals surface area contributed by atoms with E-state index >= 15 is 0 Å². The summed E-state index contributed by atoms with van der Waals surface area (Å²) in [4.78, 5) is 14.9. The van der Waals surface area contributed by atoms with E-state index in [1.165, 1.54) is 25.7 Å². The molecule has 0 N–H and O–H groups in total. The van der Waals surface area contributed by atoms with E-state index in [1.807, 2.05) is 4.90 Å². The number of ether oxygens (including phenoxy) is 1. The fourth-order valence-electron chi connectivity index (χ4n) is 4.43. The molecule has 3 fully saturated rings. The Hall–Kier alpha value is -1.50. The second-order valence-electron chi connectivity index (χ2n) is 7.02. The van der Waals surface area contributed by atoms with Gasteiger partial charge in [0.05, 0.1) is 18.8 Å². The van der Waals surface area contributed by atoms with Gasteiger partial charge in [-0.25, -0.2) is 4.68 Å². The Bertz CT molecular complexity index is 552. The van der Waals surface area contributed by atoms with Crippen molar-refractivity contribution in [2.75, 3.05) is 13.2 Å². The number of tetrazole rings is 1. The first-order chi connectivity index (χ1) is 11.3. The summed E-state index contributed by atoms with van der Waals surface area (Å²) in [6, 6.07) is 0.247. The highest BCUT2D eigenvalue weighted by Gasteiger charge is 2.37. The molecule has 1 saturated heterocycles. The highest BCUT2D eigenvalue weighted by molar-refractivity contribution is 5.76. The van der Waals surface area contributed by atoms with E-state index in [2.05, 4.69) is 15.5 Å². The van der Waals surface area contributed by atoms with Gasteiger partial charge in [-0.3, -0.25) is 4.79 Å². The van der Waals surface area contributed by atoms with Crippen molar-refractivity contribution < 1.29 is 9.53 Å². The maximum absolute atomic E-state index is 12.8. The lowest BCUT2D eigenvalue weighted by Gasteiger charge is -2.43. The average Bonchev–Trinajstić information content (AvgIpc) is 3.25. The molecule has 1 aromatic rings. The molecule has 126 valence electrons. The molecular formula is C16H25N5O2. The van der Waals surface area contributed by atoms with Crippen LogP contribution in [0, 0.1) is 0 Å². The third kappa shape index (κ3) is 2.98. The SMILES string of the molecule is O=C(Cn1nnnc1C1CCCC1)N1CCO[C@@H]2CCCC[C@@H]21. The first kappa shape index (κ1) is 15.1. The number of hydrogen-bond donors (Lipinski definition) is 0. The van der Waals surface area contributed by atoms with Gasteiger partial charge in [0.1, 0.15) is 6.54 Å². The quantitative estimate of drug-likeness (QED) is 0.844. The molecule has 1 amide bonds. The molecule has 7 nitrogen and oxygen atoms in total. The molecule has 2 heterocycles. The molecule has 0 aromatic carbocycles. The maximum Gasteiger partial charge on any atom is 0.244 e. The number of amides is 1. The summed E-state index contributed by atoms with van der Waals surface area (Å²) < 4.78 is 7.59. The lowest BCUT2D eigenvalue weighted by atomic mass is 9.90. The molecule has 2 atom stereocenters. The molecule has 2 aliphatic carbocycles. The third-order valence-corrected chi connectivity index (χ3v) is 5.62. The third-order valence-electron chi connectivity index (χ3n) is 5.62. The zero-order valence-corrected chi connectivity index (χ0v) is 13.6. The second-order valence-corrected chi connectivity index (χ2v) is 7.02. The van der Waals surface area contributed by atoms with Crippen molar-refractivity contribution in [3.63, 3.8) is 0 Å². The number of aromatic nitrogens is 4. The number of fused-ring (bicyclic) bond motifs is 1. The van der Waals surface area contributed by atoms with Gasteiger partial charge in [-0.15, -0.1) is 5.10 Å². The molecule has 0 radical (unpaired) electrons. The normalized spacial score (nSPS) is 28.8. The highest BCUT2D eigenvalue weighted by Crippen LogP contribution is 2.33. The van der Waals surface area contributed by atoms with Gasteiger partial charge < -0.3 is 9.64 Å². The monoisotopic (exact) mass is 319 g/mol. The summed E-state index contributed by atoms with van der Waals surface area (Å²) in [5.74, 6) is 1.45. The summed E-state index contributed by atoms with van der Waals surface area (Å²) in [6.07, 6.45) is 9.50. The lowest BCUT2D eigenvalue weighted by Crippen LogP contribution is -2.55. The predicted molar refractivity (Wildman–Crippen MR) is 82.7 cm³/mol. The number of hydrogen-bond acceptors (Lipinski definition) is 5. The van der Waals surface area contributed by atoms with Crippen LogP contribution in [-0.4, -0.2) is 56.3 Å². The molecular weight excluding hydrogens is 294 g/mol. The minimum atomic E-state index is 0.136. The van der Waals surface area contributed by atoms with Gasteiger partial charge in [0.15, 0.2) is 5.82 Å². The molecule has 2 saturated carbocycles. The number of nitrogens with zero attached hydrogens (tertiary/aromatic N) is 5. The predicted octanol–water partition coefficient (Wildman–Crippen LogP) is 1.50. The van der Waals surface area contributed by atoms with Crippen LogP contribution in [0.1, 0.15) is 63.1 Å². The Morgan fingerprint density at radius 1 is 1.13 bits per heavy atom. The molecule has 4 rings (SSSR count). The lowest BCUT2D eigenvalue weighted by molar-refractivity contribution is -0.150. The molecule has 0 spiro atoms. The smallest absolute Gasteiger partial charge is 0.244 e. The summed E-state index contributed by atoms with van der Waals surface area (Å²) in [5, 5.41) is 12.1. The molecule has 3 aliphatic rings. The molecule has 0 unspecified atom stereocenters. The minimum absolute atomic E-state index is 0.136. The largest absolute Gasteiger partial charge is 0.374 e. The Morgan fingerprint density at radius 3 is 2.78 bits per heavy atom. The van der Waals surface area contributed by atoms with Gasteiger partial charge in [-0.05, 0) is 36.1 Å². The summed E-state index contributed by atoms with van der Waals surface area (Å²) >= 11 is 0. The van der Waals surface area contributed by atoms with Crippen molar-refractivity contribution >= 4 is 5.91 Å². The van der Waals surface area contributed by atoms with E-state index in [4.69, 9.17) is 4.74 Å². The van der Waals surface area contributed by atoms with Crippen LogP contribution in [0.5, 0.6) is 0 Å². The summed E-state index contributed by atoms with van der Waals surface area (Å²) in [5.41, 5.74) is 0. The minimum Gasteiger partial charge on any atom is -0.374 e. The maximum atomic E-state index is 12.8. The second kappa shape index (κ2) is 6.55. The molecule has 23 heavy (non-hydrogen) atoms. The Kier molecular flexibility index (Phi) is 4.29. The van der Waals surface area contributed by atoms with Crippen LogP contribution >= 0.6 is 0 Å². The van der Waals surface area contributed by atoms with Crippen LogP contribution in [0.25, 0.3) is 0 Å². The van der Waals surface area contributed by atoms with Crippen LogP contribution in [0.4, 0.5) is 0 Å². The van der Waals surface area contributed by atoms with E-state index in [0.717, 1.165) is 31.5 Å². The zero-order valence-electron chi connectivity index (χ0n) is 13.6. The van der Waals surface area contributed by atoms with Crippen LogP contribution < -0.4 is 0 Å². The summed E-state index contributed by atoms with van der Waals surface area (Å²) in [6.45, 7) is 1.61. The van der Waals surface area contributed by atoms with Crippen molar-refractivity contribution in [1.29, 1.82) is 0 Å². The topological polar surface area (TPSA) is 73.1 Å². The van der Waals surface area contributed by atoms with Gasteiger partial charge >= 0.3 is 0 Å². The van der Waals surface area contributed by atoms with Crippen molar-refractivity contribution in [2.24, 2.45) is 0 Å². The number of carbonyl (C=O) groups excluding carboxylic acids is 1. The standard InChI is InChI=1S/C16H25N5O2/c22-15(20-9-10-23-14-8-4-3-7-13(14)20)11-21-16(17-18-19-21)12-5-1-2-6-12/h12-14H,1-11H2/t13-,14+/m0/s1. The van der Waals surface area contributed by atoms with Crippen molar-refractivity contribution in [3.05, 3.63) is 5.82 Å². The van der Waals surface area contributed by atoms with E-state index in [1.54, 1.807) is 4.68 Å². The number of carbonyl (C=O) groups is 1. The van der Waals surface area contributed by atoms with Crippen molar-refractivity contribution in [3.8, 4) is 0 Å². The molecule has 0 bridgehead atoms. The fraction of sp³-hybridized carbons (Fsp3) is 0.875. The average molecular weight is 319 g/mol. The summed E-state index contributed by atoms with van der Waals surface area (Å²) in [7, 11) is 0. The zero-order chi connectivity index (χ0) is 15.6. The van der Waals surface area contributed by atoms with E-state index < -0.39 is 0 Å². The molecule has 1 aromatic heterocycles. The molecule has 7 heteroatoms. The van der Waals surface area contributed by atoms with Crippen LogP contribution in [-0.2, 0) is 16.1 Å². The van der Waals surface area contributed by atoms with Crippen molar-refractivity contribution in [2.45, 2.75) is 76.0 Å². The van der Waals surface area contributed by atoms with Crippen LogP contribution in [0.2, 0.25) is 0 Å². The first-order valence-corrected chi connectivity index (χ1v) is 9.00. The van der Waals surface area contributed by atoms with E-state index in [0.29, 0.717) is 19.1 Å². The van der Waals surface area contributed by atoms with Crippen LogP contribution in [0.3, 0.4) is 0 Å². The highest BCUT2D eigenvalue weighted by atomic mass is 16.5. The molecule has 1 aliphatic heterocycles. The van der Waals surface area contributed by atoms with E-state index in [-0.39, 0.29) is 24.6 Å². The van der Waals surface area contributed by atoms with Gasteiger partial charge in [-0.2, -0.15) is 0 Å². The van der Waals surface area contributed by atoms with Crippen molar-refractivity contribution in [1.82, 2.24) is 25.1 Å². The Morgan fingerprint density at radius 2 is 1.91 bits per heavy atom. The fourth-order valence-corrected chi connectivity index (χ4v) is 4.43. The van der Waals surface area contributed by atoms with Gasteiger partial charge in [0.25, 0.3) is 0 Å². The van der Waals surface area contributed by atoms with Gasteiger partial charge in [0, 0.05) is 12.5 Å². The number of morpholine rings is 1.